The first-order valence-electron chi connectivity index (χ1n) is 6.37. The Morgan fingerprint density at radius 1 is 1.29 bits per heavy atom. The van der Waals surface area contributed by atoms with E-state index in [4.69, 9.17) is 0 Å². The summed E-state index contributed by atoms with van der Waals surface area (Å²) in [6.45, 7) is 13.5. The minimum absolute atomic E-state index is 0.564. The van der Waals surface area contributed by atoms with Gasteiger partial charge in [-0.25, -0.2) is 0 Å². The molecular weight excluding hydrogens is 170 g/mol. The average molecular weight is 199 g/mol. The summed E-state index contributed by atoms with van der Waals surface area (Å²) >= 11 is 0. The van der Waals surface area contributed by atoms with Gasteiger partial charge in [0.15, 0.2) is 0 Å². The van der Waals surface area contributed by atoms with E-state index in [1.807, 2.05) is 13.8 Å². The second-order valence-corrected chi connectivity index (χ2v) is 4.77. The third-order valence-corrected chi connectivity index (χ3v) is 3.46. The summed E-state index contributed by atoms with van der Waals surface area (Å²) in [7, 11) is 0. The minimum atomic E-state index is 0.564. The van der Waals surface area contributed by atoms with Gasteiger partial charge in [0.25, 0.3) is 0 Å². The zero-order valence-electron chi connectivity index (χ0n) is 10.8. The van der Waals surface area contributed by atoms with Gasteiger partial charge in [0.05, 0.1) is 0 Å². The van der Waals surface area contributed by atoms with E-state index in [2.05, 4.69) is 26.1 Å². The summed E-state index contributed by atoms with van der Waals surface area (Å²) in [4.78, 5) is 0. The van der Waals surface area contributed by atoms with Crippen molar-refractivity contribution in [3.8, 4) is 0 Å². The number of nitrogens with one attached hydrogen (secondary N) is 1. The van der Waals surface area contributed by atoms with E-state index in [0.717, 1.165) is 5.92 Å². The van der Waals surface area contributed by atoms with Gasteiger partial charge in [-0.15, -0.1) is 0 Å². The summed E-state index contributed by atoms with van der Waals surface area (Å²) in [6, 6.07) is 0. The van der Waals surface area contributed by atoms with E-state index in [1.165, 1.54) is 38.8 Å². The highest BCUT2D eigenvalue weighted by Gasteiger charge is 2.23. The molecule has 1 aliphatic rings. The topological polar surface area (TPSA) is 12.0 Å². The highest BCUT2D eigenvalue weighted by Crippen LogP contribution is 2.30. The quantitative estimate of drug-likeness (QED) is 0.676. The zero-order chi connectivity index (χ0) is 11.0. The van der Waals surface area contributed by atoms with E-state index in [1.54, 1.807) is 0 Å². The van der Waals surface area contributed by atoms with Gasteiger partial charge in [-0.1, -0.05) is 41.0 Å². The molecule has 86 valence electrons. The van der Waals surface area contributed by atoms with Crippen LogP contribution in [0.4, 0.5) is 0 Å². The smallest absolute Gasteiger partial charge is 0.000506 e. The number of rotatable bonds is 1. The van der Waals surface area contributed by atoms with Crippen molar-refractivity contribution in [1.82, 2.24) is 5.32 Å². The molecule has 14 heavy (non-hydrogen) atoms. The molecule has 1 aliphatic heterocycles. The number of hydrogen-bond donors (Lipinski definition) is 1. The van der Waals surface area contributed by atoms with Crippen molar-refractivity contribution in [3.63, 3.8) is 0 Å². The van der Waals surface area contributed by atoms with E-state index in [9.17, 15) is 0 Å². The normalized spacial score (nSPS) is 33.6. The van der Waals surface area contributed by atoms with Crippen LogP contribution in [0.1, 0.15) is 60.3 Å². The van der Waals surface area contributed by atoms with E-state index >= 15 is 0 Å². The van der Waals surface area contributed by atoms with Gasteiger partial charge in [-0.05, 0) is 37.1 Å². The Hall–Kier alpha value is -0.0400. The largest absolute Gasteiger partial charge is 0.316 e. The fraction of sp³-hybridized carbons (Fsp3) is 1.00. The van der Waals surface area contributed by atoms with Crippen LogP contribution >= 0.6 is 0 Å². The van der Waals surface area contributed by atoms with Gasteiger partial charge in [0.2, 0.25) is 0 Å². The molecule has 0 radical (unpaired) electrons. The molecule has 0 bridgehead atoms. The lowest BCUT2D eigenvalue weighted by Crippen LogP contribution is -2.35. The van der Waals surface area contributed by atoms with Crippen molar-refractivity contribution in [1.29, 1.82) is 0 Å². The maximum Gasteiger partial charge on any atom is 0.000506 e. The van der Waals surface area contributed by atoms with Crippen molar-refractivity contribution in [3.05, 3.63) is 0 Å². The summed E-state index contributed by atoms with van der Waals surface area (Å²) in [5.41, 5.74) is 0.564. The Bertz CT molecular complexity index is 133. The van der Waals surface area contributed by atoms with E-state index in [-0.39, 0.29) is 0 Å². The zero-order valence-corrected chi connectivity index (χ0v) is 10.8. The minimum Gasteiger partial charge on any atom is -0.316 e. The van der Waals surface area contributed by atoms with Gasteiger partial charge in [0, 0.05) is 6.54 Å². The molecule has 1 heterocycles. The lowest BCUT2D eigenvalue weighted by atomic mass is 9.79. The molecule has 1 saturated heterocycles. The molecule has 2 atom stereocenters. The van der Waals surface area contributed by atoms with Crippen LogP contribution in [0.2, 0.25) is 0 Å². The monoisotopic (exact) mass is 199 g/mol. The fourth-order valence-corrected chi connectivity index (χ4v) is 1.87. The lowest BCUT2D eigenvalue weighted by molar-refractivity contribution is 0.222. The molecule has 0 aromatic rings. The van der Waals surface area contributed by atoms with Gasteiger partial charge < -0.3 is 5.32 Å². The third kappa shape index (κ3) is 4.99. The molecule has 1 rings (SSSR count). The van der Waals surface area contributed by atoms with Gasteiger partial charge in [-0.2, -0.15) is 0 Å². The van der Waals surface area contributed by atoms with Crippen molar-refractivity contribution in [2.24, 2.45) is 11.3 Å². The maximum absolute atomic E-state index is 3.56. The standard InChI is InChI=1S/C11H23N.C2H6/c1-4-11(3)7-5-10(2)6-8-12-9-11;1-2/h10,12H,4-9H2,1-3H3;1-2H3. The Morgan fingerprint density at radius 3 is 2.50 bits per heavy atom. The molecule has 0 aromatic carbocycles. The van der Waals surface area contributed by atoms with Crippen molar-refractivity contribution in [2.75, 3.05) is 13.1 Å². The highest BCUT2D eigenvalue weighted by molar-refractivity contribution is 4.78. The SMILES string of the molecule is CC.CCC1(C)CCC(C)CCNC1. The summed E-state index contributed by atoms with van der Waals surface area (Å²) in [6.07, 6.45) is 5.50. The second kappa shape index (κ2) is 7.28. The highest BCUT2D eigenvalue weighted by atomic mass is 14.9. The van der Waals surface area contributed by atoms with Gasteiger partial charge >= 0.3 is 0 Å². The predicted octanol–water partition coefficient (Wildman–Crippen LogP) is 3.84. The van der Waals surface area contributed by atoms with Crippen LogP contribution in [-0.2, 0) is 0 Å². The molecule has 1 fully saturated rings. The van der Waals surface area contributed by atoms with Crippen LogP contribution in [0, 0.1) is 11.3 Å². The van der Waals surface area contributed by atoms with Crippen molar-refractivity contribution < 1.29 is 0 Å². The van der Waals surface area contributed by atoms with Crippen LogP contribution in [-0.4, -0.2) is 13.1 Å². The van der Waals surface area contributed by atoms with Gasteiger partial charge in [-0.3, -0.25) is 0 Å². The molecule has 0 spiro atoms. The first-order valence-corrected chi connectivity index (χ1v) is 6.37. The van der Waals surface area contributed by atoms with Crippen LogP contribution in [0.25, 0.3) is 0 Å². The molecule has 0 saturated carbocycles. The summed E-state index contributed by atoms with van der Waals surface area (Å²) in [5, 5.41) is 3.56. The van der Waals surface area contributed by atoms with Crippen molar-refractivity contribution >= 4 is 0 Å². The van der Waals surface area contributed by atoms with Crippen LogP contribution < -0.4 is 5.32 Å². The molecule has 0 amide bonds. The molecule has 1 heteroatoms. The van der Waals surface area contributed by atoms with Crippen LogP contribution in [0.15, 0.2) is 0 Å². The maximum atomic E-state index is 3.56. The number of hydrogen-bond acceptors (Lipinski definition) is 1. The Labute approximate surface area is 90.7 Å². The summed E-state index contributed by atoms with van der Waals surface area (Å²) < 4.78 is 0. The molecule has 1 N–H and O–H groups in total. The summed E-state index contributed by atoms with van der Waals surface area (Å²) in [5.74, 6) is 0.920. The van der Waals surface area contributed by atoms with Crippen LogP contribution in [0.5, 0.6) is 0 Å². The second-order valence-electron chi connectivity index (χ2n) is 4.77. The fourth-order valence-electron chi connectivity index (χ4n) is 1.87. The first-order chi connectivity index (χ1) is 6.66. The Balaban J connectivity index is 0.000000791. The Morgan fingerprint density at radius 2 is 1.93 bits per heavy atom. The molecule has 0 aromatic heterocycles. The van der Waals surface area contributed by atoms with E-state index in [0.29, 0.717) is 5.41 Å². The van der Waals surface area contributed by atoms with Gasteiger partial charge in [0.1, 0.15) is 0 Å². The molecule has 2 unspecified atom stereocenters. The first kappa shape index (κ1) is 14.0. The average Bonchev–Trinajstić information content (AvgIpc) is 2.22. The van der Waals surface area contributed by atoms with E-state index < -0.39 is 0 Å². The Kier molecular flexibility index (Phi) is 7.26. The molecular formula is C13H29N. The third-order valence-electron chi connectivity index (χ3n) is 3.46. The van der Waals surface area contributed by atoms with Crippen LogP contribution in [0.3, 0.4) is 0 Å². The van der Waals surface area contributed by atoms with Crippen molar-refractivity contribution in [2.45, 2.75) is 60.3 Å². The molecule has 1 nitrogen and oxygen atoms in total. The predicted molar refractivity (Wildman–Crippen MR) is 65.6 cm³/mol. The lowest BCUT2D eigenvalue weighted by Gasteiger charge is -2.32. The molecule has 0 aliphatic carbocycles.